The standard InChI is InChI=1S/C31H36N4O3/c1-4-31(18(2)3)17-27(36)35(30(32)34-31)28(24-16-21-15-23(21)24)19-8-7-9-20(14-19)29(37)33-25-12-13-38-26-11-6-5-10-22(25)26/h4-11,14,18,21,23-25,28H,1,12-13,15-17H2,2-3H3,(H2,32,34)(H,33,37)/t21?,23?,24-,25?,28?,31+/m1/s1. The minimum Gasteiger partial charge on any atom is -0.493 e. The van der Waals surface area contributed by atoms with Crippen LogP contribution in [0.4, 0.5) is 0 Å². The van der Waals surface area contributed by atoms with Gasteiger partial charge in [0.2, 0.25) is 5.91 Å². The van der Waals surface area contributed by atoms with Crippen LogP contribution < -0.4 is 15.8 Å². The van der Waals surface area contributed by atoms with Crippen LogP contribution in [0.5, 0.6) is 5.75 Å². The van der Waals surface area contributed by atoms with Crippen LogP contribution in [0.1, 0.15) is 73.1 Å². The van der Waals surface area contributed by atoms with Crippen molar-refractivity contribution >= 4 is 17.8 Å². The van der Waals surface area contributed by atoms with E-state index in [9.17, 15) is 9.59 Å². The zero-order chi connectivity index (χ0) is 26.6. The molecule has 0 radical (unpaired) electrons. The average molecular weight is 513 g/mol. The number of carbonyl (C=O) groups is 2. The molecule has 3 N–H and O–H groups in total. The molecule has 4 aliphatic rings. The molecule has 6 rings (SSSR count). The van der Waals surface area contributed by atoms with Gasteiger partial charge in [-0.15, -0.1) is 6.58 Å². The highest BCUT2D eigenvalue weighted by atomic mass is 16.5. The predicted molar refractivity (Wildman–Crippen MR) is 146 cm³/mol. The number of carbonyl (C=O) groups excluding carboxylic acids is 2. The van der Waals surface area contributed by atoms with E-state index in [4.69, 9.17) is 15.5 Å². The number of para-hydroxylation sites is 1. The van der Waals surface area contributed by atoms with E-state index in [1.165, 1.54) is 6.42 Å². The van der Waals surface area contributed by atoms with Gasteiger partial charge in [0, 0.05) is 17.5 Å². The fourth-order valence-corrected chi connectivity index (χ4v) is 6.69. The van der Waals surface area contributed by atoms with Gasteiger partial charge in [-0.3, -0.25) is 14.5 Å². The van der Waals surface area contributed by atoms with Crippen molar-refractivity contribution in [2.75, 3.05) is 6.61 Å². The van der Waals surface area contributed by atoms with Gasteiger partial charge < -0.3 is 15.8 Å². The molecule has 7 heteroatoms. The summed E-state index contributed by atoms with van der Waals surface area (Å²) in [6.45, 7) is 8.61. The maximum atomic E-state index is 13.7. The van der Waals surface area contributed by atoms with Crippen molar-refractivity contribution in [1.82, 2.24) is 10.2 Å². The highest BCUT2D eigenvalue weighted by Gasteiger charge is 2.58. The summed E-state index contributed by atoms with van der Waals surface area (Å²) in [6, 6.07) is 15.2. The van der Waals surface area contributed by atoms with Crippen LogP contribution in [0.2, 0.25) is 0 Å². The number of amides is 2. The topological polar surface area (TPSA) is 97.0 Å². The average Bonchev–Trinajstić information content (AvgIpc) is 3.56. The van der Waals surface area contributed by atoms with Crippen LogP contribution in [0, 0.1) is 23.7 Å². The number of nitrogens with one attached hydrogen (secondary N) is 1. The van der Waals surface area contributed by atoms with Gasteiger partial charge in [-0.2, -0.15) is 0 Å². The maximum Gasteiger partial charge on any atom is 0.251 e. The van der Waals surface area contributed by atoms with E-state index >= 15 is 0 Å². The van der Waals surface area contributed by atoms with Crippen LogP contribution in [-0.4, -0.2) is 34.8 Å². The van der Waals surface area contributed by atoms with Crippen molar-refractivity contribution < 1.29 is 14.3 Å². The molecular formula is C31H36N4O3. The van der Waals surface area contributed by atoms with Gasteiger partial charge in [0.15, 0.2) is 5.96 Å². The molecule has 2 fully saturated rings. The van der Waals surface area contributed by atoms with Crippen molar-refractivity contribution in [3.63, 3.8) is 0 Å². The summed E-state index contributed by atoms with van der Waals surface area (Å²) < 4.78 is 5.76. The molecule has 2 heterocycles. The van der Waals surface area contributed by atoms with E-state index in [1.54, 1.807) is 11.0 Å². The Bertz CT molecular complexity index is 1320. The second-order valence-corrected chi connectivity index (χ2v) is 11.6. The first kappa shape index (κ1) is 24.7. The van der Waals surface area contributed by atoms with Gasteiger partial charge in [0.1, 0.15) is 5.75 Å². The molecule has 6 atom stereocenters. The summed E-state index contributed by atoms with van der Waals surface area (Å²) >= 11 is 0. The monoisotopic (exact) mass is 512 g/mol. The lowest BCUT2D eigenvalue weighted by atomic mass is 9.75. The van der Waals surface area contributed by atoms with E-state index in [0.29, 0.717) is 30.4 Å². The van der Waals surface area contributed by atoms with E-state index in [0.717, 1.165) is 29.2 Å². The Balaban J connectivity index is 1.30. The summed E-state index contributed by atoms with van der Waals surface area (Å²) in [6.07, 6.45) is 4.99. The quantitative estimate of drug-likeness (QED) is 0.523. The lowest BCUT2D eigenvalue weighted by Gasteiger charge is -2.45. The molecule has 2 aromatic carbocycles. The fourth-order valence-electron chi connectivity index (χ4n) is 6.69. The minimum absolute atomic E-state index is 0.0335. The van der Waals surface area contributed by atoms with Crippen molar-refractivity contribution in [1.29, 1.82) is 0 Å². The Morgan fingerprint density at radius 3 is 2.74 bits per heavy atom. The normalized spacial score (nSPS) is 30.2. The second kappa shape index (κ2) is 9.29. The first-order valence-corrected chi connectivity index (χ1v) is 13.7. The zero-order valence-electron chi connectivity index (χ0n) is 22.1. The molecule has 0 bridgehead atoms. The SMILES string of the molecule is C=C[C@@]1(C(C)C)CC(=O)N(C(c2cccc(C(=O)NC3CCOc4ccccc43)c2)[C@@H]2CC3CC32)C(N)=N1. The van der Waals surface area contributed by atoms with Crippen LogP contribution in [-0.2, 0) is 4.79 Å². The molecule has 38 heavy (non-hydrogen) atoms. The maximum absolute atomic E-state index is 13.7. The Labute approximate surface area is 224 Å². The Morgan fingerprint density at radius 1 is 1.24 bits per heavy atom. The molecule has 0 spiro atoms. The van der Waals surface area contributed by atoms with Gasteiger partial charge in [-0.25, -0.2) is 4.99 Å². The summed E-state index contributed by atoms with van der Waals surface area (Å²) in [4.78, 5) is 33.7. The van der Waals surface area contributed by atoms with Crippen molar-refractivity contribution in [3.05, 3.63) is 77.9 Å². The fraction of sp³-hybridized carbons (Fsp3) is 0.452. The third kappa shape index (κ3) is 4.08. The van der Waals surface area contributed by atoms with Crippen LogP contribution >= 0.6 is 0 Å². The summed E-state index contributed by atoms with van der Waals surface area (Å²) in [5, 5.41) is 3.20. The first-order chi connectivity index (χ1) is 18.3. The molecule has 2 saturated carbocycles. The smallest absolute Gasteiger partial charge is 0.251 e. The van der Waals surface area contributed by atoms with Gasteiger partial charge in [-0.1, -0.05) is 50.3 Å². The van der Waals surface area contributed by atoms with Crippen LogP contribution in [0.25, 0.3) is 0 Å². The van der Waals surface area contributed by atoms with Crippen LogP contribution in [0.15, 0.2) is 66.2 Å². The largest absolute Gasteiger partial charge is 0.493 e. The van der Waals surface area contributed by atoms with Gasteiger partial charge in [-0.05, 0) is 60.3 Å². The highest BCUT2D eigenvalue weighted by molar-refractivity contribution is 6.00. The molecule has 0 aromatic heterocycles. The van der Waals surface area contributed by atoms with E-state index in [-0.39, 0.29) is 42.2 Å². The number of hydrogen-bond acceptors (Lipinski definition) is 5. The number of hydrogen-bond donors (Lipinski definition) is 2. The summed E-state index contributed by atoms with van der Waals surface area (Å²) in [7, 11) is 0. The van der Waals surface area contributed by atoms with Gasteiger partial charge in [0.05, 0.1) is 30.7 Å². The number of nitrogens with two attached hydrogens (primary N) is 1. The molecule has 2 aliphatic carbocycles. The number of aliphatic imine (C=N–C) groups is 1. The van der Waals surface area contributed by atoms with Gasteiger partial charge >= 0.3 is 0 Å². The Kier molecular flexibility index (Phi) is 6.04. The zero-order valence-corrected chi connectivity index (χ0v) is 22.1. The summed E-state index contributed by atoms with van der Waals surface area (Å²) in [5.74, 6) is 2.66. The Hall–Kier alpha value is -3.61. The molecule has 2 amide bonds. The third-order valence-corrected chi connectivity index (χ3v) is 9.17. The lowest BCUT2D eigenvalue weighted by molar-refractivity contribution is -0.133. The molecule has 7 nitrogen and oxygen atoms in total. The second-order valence-electron chi connectivity index (χ2n) is 11.6. The van der Waals surface area contributed by atoms with Crippen LogP contribution in [0.3, 0.4) is 0 Å². The number of rotatable bonds is 7. The number of fused-ring (bicyclic) bond motifs is 2. The predicted octanol–water partition coefficient (Wildman–Crippen LogP) is 4.77. The minimum atomic E-state index is -0.689. The first-order valence-electron chi connectivity index (χ1n) is 13.7. The molecule has 4 unspecified atom stereocenters. The Morgan fingerprint density at radius 2 is 2.05 bits per heavy atom. The number of nitrogens with zero attached hydrogens (tertiary/aromatic N) is 2. The van der Waals surface area contributed by atoms with E-state index in [1.807, 2.05) is 62.4 Å². The lowest BCUT2D eigenvalue weighted by Crippen LogP contribution is -2.55. The molecule has 2 aromatic rings. The van der Waals surface area contributed by atoms with E-state index < -0.39 is 5.54 Å². The van der Waals surface area contributed by atoms with Crippen molar-refractivity contribution in [2.24, 2.45) is 34.4 Å². The highest BCUT2D eigenvalue weighted by Crippen LogP contribution is 2.64. The van der Waals surface area contributed by atoms with Crippen molar-refractivity contribution in [2.45, 2.75) is 57.2 Å². The molecular weight excluding hydrogens is 476 g/mol. The number of guanidine groups is 1. The molecule has 198 valence electrons. The number of ether oxygens (including phenoxy) is 1. The third-order valence-electron chi connectivity index (χ3n) is 9.17. The molecule has 0 saturated heterocycles. The number of benzene rings is 2. The summed E-state index contributed by atoms with van der Waals surface area (Å²) in [5.41, 5.74) is 8.37. The van der Waals surface area contributed by atoms with Crippen molar-refractivity contribution in [3.8, 4) is 5.75 Å². The molecule has 2 aliphatic heterocycles. The van der Waals surface area contributed by atoms with E-state index in [2.05, 4.69) is 11.9 Å². The van der Waals surface area contributed by atoms with Gasteiger partial charge in [0.25, 0.3) is 5.91 Å².